The Kier molecular flexibility index (Phi) is 3.18. The van der Waals surface area contributed by atoms with Gasteiger partial charge in [0.1, 0.15) is 5.54 Å². The summed E-state index contributed by atoms with van der Waals surface area (Å²) in [6.07, 6.45) is 1.02. The smallest absolute Gasteiger partial charge is 0.329 e. The van der Waals surface area contributed by atoms with E-state index in [9.17, 15) is 9.59 Å². The molecule has 1 N–H and O–H groups in total. The summed E-state index contributed by atoms with van der Waals surface area (Å²) in [7, 11) is 0. The van der Waals surface area contributed by atoms with Gasteiger partial charge in [0.05, 0.1) is 5.69 Å². The second-order valence-corrected chi connectivity index (χ2v) is 5.61. The van der Waals surface area contributed by atoms with Crippen LogP contribution in [0.1, 0.15) is 18.4 Å². The van der Waals surface area contributed by atoms with Gasteiger partial charge < -0.3 is 10.1 Å². The van der Waals surface area contributed by atoms with E-state index in [2.05, 4.69) is 5.32 Å². The number of halogens is 1. The van der Waals surface area contributed by atoms with Crippen LogP contribution in [-0.4, -0.2) is 30.7 Å². The molecule has 1 aromatic carbocycles. The summed E-state index contributed by atoms with van der Waals surface area (Å²) in [5.41, 5.74) is 0.599. The molecule has 20 heavy (non-hydrogen) atoms. The second-order valence-electron chi connectivity index (χ2n) is 5.20. The molecule has 3 amide bonds. The van der Waals surface area contributed by atoms with Crippen LogP contribution in [0.25, 0.3) is 0 Å². The number of benzene rings is 1. The number of carbonyl (C=O) groups excluding carboxylic acids is 2. The van der Waals surface area contributed by atoms with Crippen LogP contribution in [-0.2, 0) is 9.53 Å². The highest BCUT2D eigenvalue weighted by molar-refractivity contribution is 6.32. The van der Waals surface area contributed by atoms with Crippen molar-refractivity contribution in [3.63, 3.8) is 0 Å². The van der Waals surface area contributed by atoms with Gasteiger partial charge in [0.2, 0.25) is 0 Å². The predicted octanol–water partition coefficient (Wildman–Crippen LogP) is 2.25. The normalized spacial score (nSPS) is 21.4. The van der Waals surface area contributed by atoms with Crippen molar-refractivity contribution in [3.05, 3.63) is 28.8 Å². The van der Waals surface area contributed by atoms with Gasteiger partial charge in [0.15, 0.2) is 0 Å². The highest BCUT2D eigenvalue weighted by atomic mass is 35.5. The lowest BCUT2D eigenvalue weighted by atomic mass is 9.90. The van der Waals surface area contributed by atoms with E-state index in [4.69, 9.17) is 16.3 Å². The van der Waals surface area contributed by atoms with Gasteiger partial charge in [-0.05, 0) is 24.6 Å². The average Bonchev–Trinajstić information content (AvgIpc) is 2.66. The summed E-state index contributed by atoms with van der Waals surface area (Å²) in [5, 5.41) is 3.35. The Balaban J connectivity index is 1.95. The summed E-state index contributed by atoms with van der Waals surface area (Å²) in [6.45, 7) is 2.83. The van der Waals surface area contributed by atoms with Gasteiger partial charge >= 0.3 is 6.03 Å². The van der Waals surface area contributed by atoms with E-state index < -0.39 is 11.6 Å². The largest absolute Gasteiger partial charge is 0.381 e. The minimum atomic E-state index is -0.813. The number of carbonyl (C=O) groups is 2. The molecule has 106 valence electrons. The Morgan fingerprint density at radius 2 is 2.00 bits per heavy atom. The number of anilines is 1. The number of hydrogen-bond acceptors (Lipinski definition) is 3. The summed E-state index contributed by atoms with van der Waals surface area (Å²) < 4.78 is 5.27. The van der Waals surface area contributed by atoms with E-state index in [1.54, 1.807) is 18.2 Å². The standard InChI is InChI=1S/C14H15ClN2O3/c1-9-2-3-10(8-11(9)15)17-12(18)14(16-13(17)19)4-6-20-7-5-14/h2-3,8H,4-7H2,1H3,(H,16,19). The van der Waals surface area contributed by atoms with Crippen LogP contribution < -0.4 is 10.2 Å². The quantitative estimate of drug-likeness (QED) is 0.808. The van der Waals surface area contributed by atoms with Gasteiger partial charge in [-0.15, -0.1) is 0 Å². The zero-order chi connectivity index (χ0) is 14.3. The van der Waals surface area contributed by atoms with Crippen LogP contribution in [0.4, 0.5) is 10.5 Å². The maximum absolute atomic E-state index is 12.6. The third-order valence-electron chi connectivity index (χ3n) is 3.92. The van der Waals surface area contributed by atoms with Gasteiger partial charge in [0, 0.05) is 31.1 Å². The SMILES string of the molecule is Cc1ccc(N2C(=O)NC3(CCOCC3)C2=O)cc1Cl. The summed E-state index contributed by atoms with van der Waals surface area (Å²) in [4.78, 5) is 26.0. The highest BCUT2D eigenvalue weighted by Crippen LogP contribution is 2.33. The first-order valence-electron chi connectivity index (χ1n) is 6.54. The fourth-order valence-corrected chi connectivity index (χ4v) is 2.81. The van der Waals surface area contributed by atoms with Crippen LogP contribution >= 0.6 is 11.6 Å². The number of ether oxygens (including phenoxy) is 1. The fraction of sp³-hybridized carbons (Fsp3) is 0.429. The van der Waals surface area contributed by atoms with Crippen molar-refractivity contribution in [2.24, 2.45) is 0 Å². The number of hydrogen-bond donors (Lipinski definition) is 1. The molecule has 2 heterocycles. The fourth-order valence-electron chi connectivity index (χ4n) is 2.63. The molecule has 1 spiro atoms. The first kappa shape index (κ1) is 13.4. The van der Waals surface area contributed by atoms with Crippen LogP contribution in [0.15, 0.2) is 18.2 Å². The zero-order valence-electron chi connectivity index (χ0n) is 11.1. The molecule has 0 aliphatic carbocycles. The topological polar surface area (TPSA) is 58.6 Å². The molecule has 5 nitrogen and oxygen atoms in total. The van der Waals surface area contributed by atoms with Crippen LogP contribution in [0.2, 0.25) is 5.02 Å². The molecule has 3 rings (SSSR count). The van der Waals surface area contributed by atoms with E-state index in [0.717, 1.165) is 5.56 Å². The predicted molar refractivity (Wildman–Crippen MR) is 75.0 cm³/mol. The number of urea groups is 1. The number of nitrogens with one attached hydrogen (secondary N) is 1. The number of nitrogens with zero attached hydrogens (tertiary/aromatic N) is 1. The van der Waals surface area contributed by atoms with Crippen molar-refractivity contribution in [2.45, 2.75) is 25.3 Å². The second kappa shape index (κ2) is 4.75. The average molecular weight is 295 g/mol. The van der Waals surface area contributed by atoms with Crippen LogP contribution in [0.5, 0.6) is 0 Å². The molecule has 0 bridgehead atoms. The molecular weight excluding hydrogens is 280 g/mol. The lowest BCUT2D eigenvalue weighted by Gasteiger charge is -2.30. The van der Waals surface area contributed by atoms with Crippen molar-refractivity contribution in [1.82, 2.24) is 5.32 Å². The number of imide groups is 1. The van der Waals surface area contributed by atoms with E-state index in [1.165, 1.54) is 4.90 Å². The van der Waals surface area contributed by atoms with Crippen LogP contribution in [0, 0.1) is 6.92 Å². The summed E-state index contributed by atoms with van der Waals surface area (Å²) in [5.74, 6) is -0.217. The van der Waals surface area contributed by atoms with Crippen molar-refractivity contribution in [3.8, 4) is 0 Å². The number of rotatable bonds is 1. The van der Waals surface area contributed by atoms with Gasteiger partial charge in [-0.25, -0.2) is 9.69 Å². The Morgan fingerprint density at radius 1 is 1.30 bits per heavy atom. The first-order chi connectivity index (χ1) is 9.53. The van der Waals surface area contributed by atoms with E-state index in [-0.39, 0.29) is 5.91 Å². The van der Waals surface area contributed by atoms with Crippen molar-refractivity contribution in [2.75, 3.05) is 18.1 Å². The Bertz CT molecular complexity index is 582. The number of aryl methyl sites for hydroxylation is 1. The molecule has 0 atom stereocenters. The third-order valence-corrected chi connectivity index (χ3v) is 4.33. The van der Waals surface area contributed by atoms with Gasteiger partial charge in [-0.3, -0.25) is 4.79 Å². The molecule has 2 fully saturated rings. The third kappa shape index (κ3) is 1.98. The molecule has 2 aliphatic heterocycles. The minimum Gasteiger partial charge on any atom is -0.381 e. The Hall–Kier alpha value is -1.59. The molecule has 0 radical (unpaired) electrons. The molecule has 0 unspecified atom stereocenters. The minimum absolute atomic E-state index is 0.217. The van der Waals surface area contributed by atoms with E-state index in [0.29, 0.717) is 36.8 Å². The van der Waals surface area contributed by atoms with Gasteiger partial charge in [-0.1, -0.05) is 17.7 Å². The van der Waals surface area contributed by atoms with E-state index in [1.807, 2.05) is 6.92 Å². The lowest BCUT2D eigenvalue weighted by Crippen LogP contribution is -2.51. The maximum atomic E-state index is 12.6. The molecule has 1 aromatic rings. The monoisotopic (exact) mass is 294 g/mol. The molecule has 6 heteroatoms. The molecule has 2 aliphatic rings. The van der Waals surface area contributed by atoms with Gasteiger partial charge in [0.25, 0.3) is 5.91 Å². The molecule has 0 aromatic heterocycles. The molecule has 2 saturated heterocycles. The first-order valence-corrected chi connectivity index (χ1v) is 6.92. The summed E-state index contributed by atoms with van der Waals surface area (Å²) in [6, 6.07) is 4.79. The summed E-state index contributed by atoms with van der Waals surface area (Å²) >= 11 is 6.08. The van der Waals surface area contributed by atoms with Crippen molar-refractivity contribution in [1.29, 1.82) is 0 Å². The van der Waals surface area contributed by atoms with Gasteiger partial charge in [-0.2, -0.15) is 0 Å². The molecule has 0 saturated carbocycles. The van der Waals surface area contributed by atoms with Crippen LogP contribution in [0.3, 0.4) is 0 Å². The van der Waals surface area contributed by atoms with Crippen molar-refractivity contribution >= 4 is 29.2 Å². The molecular formula is C14H15ClN2O3. The highest BCUT2D eigenvalue weighted by Gasteiger charge is 2.52. The Labute approximate surface area is 121 Å². The maximum Gasteiger partial charge on any atom is 0.329 e. The Morgan fingerprint density at radius 3 is 2.65 bits per heavy atom. The van der Waals surface area contributed by atoms with Crippen molar-refractivity contribution < 1.29 is 14.3 Å². The van der Waals surface area contributed by atoms with E-state index >= 15 is 0 Å². The lowest BCUT2D eigenvalue weighted by molar-refractivity contribution is -0.125. The number of amides is 3. The zero-order valence-corrected chi connectivity index (χ0v) is 11.9.